The molecule has 0 radical (unpaired) electrons. The number of fused-ring (bicyclic) bond motifs is 1. The lowest BCUT2D eigenvalue weighted by Crippen LogP contribution is -2.52. The Labute approximate surface area is 153 Å². The third-order valence-electron chi connectivity index (χ3n) is 4.29. The standard InChI is InChI=1S/C19H28N4O3/c1-12(24)8-7-11-23-14-10-6-5-9-13(14)15(22-23)18(26)21-16(17(20)25)19(2,3)4/h5-6,9-10,12,16,24H,7-8,11H2,1-4H3,(H2,20,25)(H,21,26). The van der Waals surface area contributed by atoms with Crippen LogP contribution in [0.4, 0.5) is 0 Å². The van der Waals surface area contributed by atoms with Gasteiger partial charge in [-0.1, -0.05) is 39.0 Å². The number of nitrogens with one attached hydrogen (secondary N) is 1. The molecule has 26 heavy (non-hydrogen) atoms. The van der Waals surface area contributed by atoms with Crippen LogP contribution in [-0.2, 0) is 11.3 Å². The zero-order valence-corrected chi connectivity index (χ0v) is 15.8. The molecule has 2 aromatic rings. The molecule has 1 aromatic heterocycles. The molecule has 2 unspecified atom stereocenters. The highest BCUT2D eigenvalue weighted by Gasteiger charge is 2.32. The molecule has 7 heteroatoms. The number of rotatable bonds is 7. The van der Waals surface area contributed by atoms with E-state index in [1.165, 1.54) is 0 Å². The first kappa shape index (κ1) is 19.9. The largest absolute Gasteiger partial charge is 0.393 e. The maximum atomic E-state index is 12.8. The van der Waals surface area contributed by atoms with Crippen molar-refractivity contribution in [3.05, 3.63) is 30.0 Å². The minimum atomic E-state index is -0.797. The highest BCUT2D eigenvalue weighted by molar-refractivity contribution is 6.06. The molecule has 0 saturated heterocycles. The maximum absolute atomic E-state index is 12.8. The number of carbonyl (C=O) groups is 2. The molecule has 0 aliphatic heterocycles. The first-order valence-electron chi connectivity index (χ1n) is 8.85. The van der Waals surface area contributed by atoms with Crippen molar-refractivity contribution in [2.24, 2.45) is 11.1 Å². The average Bonchev–Trinajstić information content (AvgIpc) is 2.90. The summed E-state index contributed by atoms with van der Waals surface area (Å²) in [6.45, 7) is 7.87. The van der Waals surface area contributed by atoms with Crippen LogP contribution in [0.3, 0.4) is 0 Å². The first-order valence-corrected chi connectivity index (χ1v) is 8.85. The molecule has 2 atom stereocenters. The number of aliphatic hydroxyl groups is 1. The minimum Gasteiger partial charge on any atom is -0.393 e. The van der Waals surface area contributed by atoms with E-state index < -0.39 is 23.3 Å². The van der Waals surface area contributed by atoms with E-state index in [1.807, 2.05) is 45.0 Å². The lowest BCUT2D eigenvalue weighted by Gasteiger charge is -2.28. The van der Waals surface area contributed by atoms with E-state index in [0.29, 0.717) is 13.0 Å². The number of hydrogen-bond donors (Lipinski definition) is 3. The minimum absolute atomic E-state index is 0.271. The van der Waals surface area contributed by atoms with Gasteiger partial charge in [-0.3, -0.25) is 14.3 Å². The van der Waals surface area contributed by atoms with Gasteiger partial charge in [-0.15, -0.1) is 0 Å². The second kappa shape index (κ2) is 7.86. The quantitative estimate of drug-likeness (QED) is 0.699. The van der Waals surface area contributed by atoms with Gasteiger partial charge in [0.25, 0.3) is 5.91 Å². The van der Waals surface area contributed by atoms with Gasteiger partial charge < -0.3 is 16.2 Å². The number of aliphatic hydroxyl groups excluding tert-OH is 1. The van der Waals surface area contributed by atoms with Crippen molar-refractivity contribution in [2.45, 2.75) is 59.2 Å². The van der Waals surface area contributed by atoms with Crippen LogP contribution in [0.1, 0.15) is 51.0 Å². The molecule has 0 spiro atoms. The van der Waals surface area contributed by atoms with Crippen LogP contribution in [0.2, 0.25) is 0 Å². The topological polar surface area (TPSA) is 110 Å². The summed E-state index contributed by atoms with van der Waals surface area (Å²) in [5.41, 5.74) is 6.07. The smallest absolute Gasteiger partial charge is 0.273 e. The molecule has 7 nitrogen and oxygen atoms in total. The molecular weight excluding hydrogens is 332 g/mol. The monoisotopic (exact) mass is 360 g/mol. The van der Waals surface area contributed by atoms with Gasteiger partial charge in [0.05, 0.1) is 11.6 Å². The summed E-state index contributed by atoms with van der Waals surface area (Å²) in [5.74, 6) is -0.999. The molecule has 2 amide bonds. The number of amides is 2. The van der Waals surface area contributed by atoms with E-state index in [0.717, 1.165) is 17.3 Å². The van der Waals surface area contributed by atoms with E-state index in [4.69, 9.17) is 5.73 Å². The highest BCUT2D eigenvalue weighted by Crippen LogP contribution is 2.22. The summed E-state index contributed by atoms with van der Waals surface area (Å²) >= 11 is 0. The number of nitrogens with two attached hydrogens (primary N) is 1. The third kappa shape index (κ3) is 4.60. The van der Waals surface area contributed by atoms with E-state index in [1.54, 1.807) is 11.6 Å². The van der Waals surface area contributed by atoms with Gasteiger partial charge in [-0.2, -0.15) is 5.10 Å². The van der Waals surface area contributed by atoms with E-state index >= 15 is 0 Å². The lowest BCUT2D eigenvalue weighted by molar-refractivity contribution is -0.122. The van der Waals surface area contributed by atoms with Crippen LogP contribution >= 0.6 is 0 Å². The Balaban J connectivity index is 2.31. The highest BCUT2D eigenvalue weighted by atomic mass is 16.3. The van der Waals surface area contributed by atoms with Crippen LogP contribution in [0.15, 0.2) is 24.3 Å². The van der Waals surface area contributed by atoms with E-state index in [9.17, 15) is 14.7 Å². The average molecular weight is 360 g/mol. The van der Waals surface area contributed by atoms with Crippen LogP contribution in [0.5, 0.6) is 0 Å². The number of hydrogen-bond acceptors (Lipinski definition) is 4. The molecular formula is C19H28N4O3. The predicted octanol–water partition coefficient (Wildman–Crippen LogP) is 1.83. The number of nitrogens with zero attached hydrogens (tertiary/aromatic N) is 2. The molecule has 0 bridgehead atoms. The van der Waals surface area contributed by atoms with Crippen LogP contribution in [0.25, 0.3) is 10.9 Å². The molecule has 0 fully saturated rings. The first-order chi connectivity index (χ1) is 12.1. The summed E-state index contributed by atoms with van der Waals surface area (Å²) in [4.78, 5) is 24.5. The van der Waals surface area contributed by atoms with Gasteiger partial charge in [0.2, 0.25) is 5.91 Å². The normalized spacial score (nSPS) is 14.2. The fourth-order valence-electron chi connectivity index (χ4n) is 2.92. The van der Waals surface area contributed by atoms with Crippen molar-refractivity contribution in [1.29, 1.82) is 0 Å². The van der Waals surface area contributed by atoms with Gasteiger partial charge in [-0.25, -0.2) is 0 Å². The van der Waals surface area contributed by atoms with Crippen LogP contribution in [0, 0.1) is 5.41 Å². The van der Waals surface area contributed by atoms with Crippen LogP contribution in [-0.4, -0.2) is 38.8 Å². The number of aryl methyl sites for hydroxylation is 1. The number of primary amides is 1. The Morgan fingerprint density at radius 1 is 1.31 bits per heavy atom. The molecule has 1 heterocycles. The predicted molar refractivity (Wildman–Crippen MR) is 101 cm³/mol. The Bertz CT molecular complexity index is 790. The number of aromatic nitrogens is 2. The lowest BCUT2D eigenvalue weighted by atomic mass is 9.86. The maximum Gasteiger partial charge on any atom is 0.273 e. The summed E-state index contributed by atoms with van der Waals surface area (Å²) < 4.78 is 1.77. The van der Waals surface area contributed by atoms with E-state index in [2.05, 4.69) is 10.4 Å². The fraction of sp³-hybridized carbons (Fsp3) is 0.526. The Kier molecular flexibility index (Phi) is 6.02. The van der Waals surface area contributed by atoms with Crippen molar-refractivity contribution in [1.82, 2.24) is 15.1 Å². The Hall–Kier alpha value is -2.41. The van der Waals surface area contributed by atoms with Crippen molar-refractivity contribution in [2.75, 3.05) is 0 Å². The Morgan fingerprint density at radius 3 is 2.54 bits per heavy atom. The Morgan fingerprint density at radius 2 is 1.96 bits per heavy atom. The van der Waals surface area contributed by atoms with Crippen molar-refractivity contribution in [3.8, 4) is 0 Å². The fourth-order valence-corrected chi connectivity index (χ4v) is 2.92. The number of carbonyl (C=O) groups excluding carboxylic acids is 2. The van der Waals surface area contributed by atoms with Crippen molar-refractivity contribution < 1.29 is 14.7 Å². The molecule has 0 saturated carbocycles. The number of para-hydroxylation sites is 1. The molecule has 0 aliphatic carbocycles. The molecule has 1 aromatic carbocycles. The zero-order valence-electron chi connectivity index (χ0n) is 15.8. The summed E-state index contributed by atoms with van der Waals surface area (Å²) in [7, 11) is 0. The van der Waals surface area contributed by atoms with Crippen molar-refractivity contribution >= 4 is 22.7 Å². The van der Waals surface area contributed by atoms with Crippen LogP contribution < -0.4 is 11.1 Å². The van der Waals surface area contributed by atoms with E-state index in [-0.39, 0.29) is 11.8 Å². The summed E-state index contributed by atoms with van der Waals surface area (Å²) in [6.07, 6.45) is 1.03. The summed E-state index contributed by atoms with van der Waals surface area (Å²) in [5, 5.41) is 17.3. The molecule has 0 aliphatic rings. The zero-order chi connectivity index (χ0) is 19.5. The van der Waals surface area contributed by atoms with Gasteiger partial charge in [0.15, 0.2) is 5.69 Å². The van der Waals surface area contributed by atoms with Gasteiger partial charge in [-0.05, 0) is 31.2 Å². The second-order valence-corrected chi connectivity index (χ2v) is 7.76. The van der Waals surface area contributed by atoms with Gasteiger partial charge in [0.1, 0.15) is 6.04 Å². The molecule has 4 N–H and O–H groups in total. The molecule has 142 valence electrons. The number of benzene rings is 1. The van der Waals surface area contributed by atoms with Gasteiger partial charge in [0, 0.05) is 11.9 Å². The SMILES string of the molecule is CC(O)CCCn1nc(C(=O)NC(C(N)=O)C(C)(C)C)c2ccccc21. The second-order valence-electron chi connectivity index (χ2n) is 7.76. The summed E-state index contributed by atoms with van der Waals surface area (Å²) in [6, 6.07) is 6.67. The van der Waals surface area contributed by atoms with Gasteiger partial charge >= 0.3 is 0 Å². The molecule has 2 rings (SSSR count). The third-order valence-corrected chi connectivity index (χ3v) is 4.29. The van der Waals surface area contributed by atoms with Crippen molar-refractivity contribution in [3.63, 3.8) is 0 Å².